The smallest absolute Gasteiger partial charge is 0.131 e. The Morgan fingerprint density at radius 3 is 1.91 bits per heavy atom. The average Bonchev–Trinajstić information content (AvgIpc) is 2.52. The molecule has 0 N–H and O–H groups in total. The second-order valence-electron chi connectivity index (χ2n) is 9.02. The third kappa shape index (κ3) is 5.39. The Balaban J connectivity index is 1.78. The molecule has 3 heteroatoms. The van der Waals surface area contributed by atoms with Crippen LogP contribution in [-0.4, -0.2) is 19.0 Å². The maximum atomic E-state index is 13.6. The van der Waals surface area contributed by atoms with Crippen LogP contribution in [0.1, 0.15) is 78.6 Å². The SMILES string of the molecule is CC(F)C(F)CC(CF)C1CCC(C2CCC(C)(C)CC2)CC1. The van der Waals surface area contributed by atoms with Gasteiger partial charge in [-0.2, -0.15) is 0 Å². The van der Waals surface area contributed by atoms with Crippen molar-refractivity contribution in [3.8, 4) is 0 Å². The minimum atomic E-state index is -1.51. The molecule has 0 aromatic carbocycles. The van der Waals surface area contributed by atoms with Crippen LogP contribution in [0.5, 0.6) is 0 Å². The zero-order chi connectivity index (χ0) is 17.0. The van der Waals surface area contributed by atoms with Gasteiger partial charge in [0.05, 0.1) is 6.67 Å². The first-order valence-corrected chi connectivity index (χ1v) is 9.66. The molecule has 2 rings (SSSR count). The highest BCUT2D eigenvalue weighted by Gasteiger charge is 2.36. The first kappa shape index (κ1) is 19.1. The molecule has 0 aromatic heterocycles. The molecule has 0 nitrogen and oxygen atoms in total. The van der Waals surface area contributed by atoms with Crippen molar-refractivity contribution in [3.63, 3.8) is 0 Å². The van der Waals surface area contributed by atoms with Crippen LogP contribution in [0, 0.1) is 29.1 Å². The van der Waals surface area contributed by atoms with Crippen molar-refractivity contribution < 1.29 is 13.2 Å². The lowest BCUT2D eigenvalue weighted by molar-refractivity contribution is 0.0750. The van der Waals surface area contributed by atoms with Crippen LogP contribution in [0.2, 0.25) is 0 Å². The van der Waals surface area contributed by atoms with E-state index in [2.05, 4.69) is 13.8 Å². The molecule has 2 aliphatic rings. The Morgan fingerprint density at radius 2 is 1.43 bits per heavy atom. The van der Waals surface area contributed by atoms with Crippen molar-refractivity contribution in [2.75, 3.05) is 6.67 Å². The van der Waals surface area contributed by atoms with Crippen molar-refractivity contribution in [2.24, 2.45) is 29.1 Å². The zero-order valence-corrected chi connectivity index (χ0v) is 15.2. The van der Waals surface area contributed by atoms with Gasteiger partial charge in [0, 0.05) is 0 Å². The molecule has 0 amide bonds. The fraction of sp³-hybridized carbons (Fsp3) is 1.00. The van der Waals surface area contributed by atoms with Gasteiger partial charge in [-0.3, -0.25) is 4.39 Å². The summed E-state index contributed by atoms with van der Waals surface area (Å²) in [5.41, 5.74) is 0.506. The zero-order valence-electron chi connectivity index (χ0n) is 15.2. The summed E-state index contributed by atoms with van der Waals surface area (Å²) in [6.45, 7) is 5.47. The summed E-state index contributed by atoms with van der Waals surface area (Å²) in [4.78, 5) is 0. The Labute approximate surface area is 140 Å². The van der Waals surface area contributed by atoms with E-state index in [1.165, 1.54) is 32.6 Å². The van der Waals surface area contributed by atoms with E-state index < -0.39 is 19.0 Å². The molecule has 0 aliphatic heterocycles. The van der Waals surface area contributed by atoms with E-state index in [-0.39, 0.29) is 18.3 Å². The molecular formula is C20H35F3. The molecule has 0 bridgehead atoms. The van der Waals surface area contributed by atoms with Crippen molar-refractivity contribution in [1.29, 1.82) is 0 Å². The lowest BCUT2D eigenvalue weighted by atomic mass is 9.64. The van der Waals surface area contributed by atoms with E-state index in [4.69, 9.17) is 0 Å². The molecule has 136 valence electrons. The van der Waals surface area contributed by atoms with E-state index in [1.807, 2.05) is 0 Å². The van der Waals surface area contributed by atoms with Gasteiger partial charge in [0.2, 0.25) is 0 Å². The van der Waals surface area contributed by atoms with E-state index in [0.717, 1.165) is 37.5 Å². The number of rotatable bonds is 6. The maximum Gasteiger partial charge on any atom is 0.131 e. The molecule has 3 unspecified atom stereocenters. The van der Waals surface area contributed by atoms with Gasteiger partial charge in [0.1, 0.15) is 12.3 Å². The summed E-state index contributed by atoms with van der Waals surface area (Å²) in [5, 5.41) is 0. The molecule has 0 radical (unpaired) electrons. The monoisotopic (exact) mass is 332 g/mol. The molecule has 2 fully saturated rings. The Morgan fingerprint density at radius 1 is 0.913 bits per heavy atom. The van der Waals surface area contributed by atoms with Crippen LogP contribution < -0.4 is 0 Å². The van der Waals surface area contributed by atoms with Gasteiger partial charge in [-0.15, -0.1) is 0 Å². The molecule has 3 atom stereocenters. The van der Waals surface area contributed by atoms with Gasteiger partial charge in [0.15, 0.2) is 0 Å². The molecule has 2 aliphatic carbocycles. The minimum Gasteiger partial charge on any atom is -0.251 e. The standard InChI is InChI=1S/C20H35F3/c1-14(22)19(23)12-18(13-21)16-6-4-15(5-7-16)17-8-10-20(2,3)11-9-17/h14-19H,4-13H2,1-3H3. The van der Waals surface area contributed by atoms with E-state index in [1.54, 1.807) is 0 Å². The van der Waals surface area contributed by atoms with Gasteiger partial charge in [0.25, 0.3) is 0 Å². The normalized spacial score (nSPS) is 33.1. The molecule has 23 heavy (non-hydrogen) atoms. The average molecular weight is 332 g/mol. The van der Waals surface area contributed by atoms with Gasteiger partial charge < -0.3 is 0 Å². The van der Waals surface area contributed by atoms with Crippen LogP contribution in [0.25, 0.3) is 0 Å². The molecular weight excluding hydrogens is 297 g/mol. The summed E-state index contributed by atoms with van der Waals surface area (Å²) >= 11 is 0. The molecule has 0 saturated heterocycles. The summed E-state index contributed by atoms with van der Waals surface area (Å²) in [7, 11) is 0. The lowest BCUT2D eigenvalue weighted by Gasteiger charge is -2.41. The fourth-order valence-electron chi connectivity index (χ4n) is 4.84. The predicted molar refractivity (Wildman–Crippen MR) is 90.7 cm³/mol. The van der Waals surface area contributed by atoms with Crippen molar-refractivity contribution >= 4 is 0 Å². The van der Waals surface area contributed by atoms with E-state index in [9.17, 15) is 13.2 Å². The van der Waals surface area contributed by atoms with Gasteiger partial charge in [-0.05, 0) is 93.8 Å². The van der Waals surface area contributed by atoms with Gasteiger partial charge >= 0.3 is 0 Å². The fourth-order valence-corrected chi connectivity index (χ4v) is 4.84. The third-order valence-corrected chi connectivity index (χ3v) is 6.76. The van der Waals surface area contributed by atoms with Gasteiger partial charge in [-0.1, -0.05) is 13.8 Å². The molecule has 0 heterocycles. The van der Waals surface area contributed by atoms with E-state index >= 15 is 0 Å². The highest BCUT2D eigenvalue weighted by molar-refractivity contribution is 4.86. The maximum absolute atomic E-state index is 13.6. The first-order valence-electron chi connectivity index (χ1n) is 9.66. The molecule has 2 saturated carbocycles. The quantitative estimate of drug-likeness (QED) is 0.509. The largest absolute Gasteiger partial charge is 0.251 e. The van der Waals surface area contributed by atoms with Gasteiger partial charge in [-0.25, -0.2) is 8.78 Å². The number of halogens is 3. The highest BCUT2D eigenvalue weighted by Crippen LogP contribution is 2.46. The Bertz CT molecular complexity index is 335. The lowest BCUT2D eigenvalue weighted by Crippen LogP contribution is -2.32. The van der Waals surface area contributed by atoms with Crippen molar-refractivity contribution in [3.05, 3.63) is 0 Å². The van der Waals surface area contributed by atoms with Crippen LogP contribution in [0.15, 0.2) is 0 Å². The molecule has 0 aromatic rings. The first-order chi connectivity index (χ1) is 10.8. The van der Waals surface area contributed by atoms with Crippen molar-refractivity contribution in [2.45, 2.75) is 90.9 Å². The van der Waals surface area contributed by atoms with Crippen LogP contribution in [0.4, 0.5) is 13.2 Å². The third-order valence-electron chi connectivity index (χ3n) is 6.76. The highest BCUT2D eigenvalue weighted by atomic mass is 19.2. The summed E-state index contributed by atoms with van der Waals surface area (Å²) in [6, 6.07) is 0. The number of hydrogen-bond acceptors (Lipinski definition) is 0. The number of hydrogen-bond donors (Lipinski definition) is 0. The predicted octanol–water partition coefficient (Wildman–Crippen LogP) is 6.68. The minimum absolute atomic E-state index is 0.0567. The summed E-state index contributed by atoms with van der Waals surface area (Å²) in [5.74, 6) is 1.60. The molecule has 0 spiro atoms. The summed E-state index contributed by atoms with van der Waals surface area (Å²) in [6.07, 6.45) is 6.72. The second kappa shape index (κ2) is 8.25. The van der Waals surface area contributed by atoms with Crippen LogP contribution >= 0.6 is 0 Å². The van der Waals surface area contributed by atoms with E-state index in [0.29, 0.717) is 5.41 Å². The summed E-state index contributed by atoms with van der Waals surface area (Å²) < 4.78 is 40.0. The van der Waals surface area contributed by atoms with Crippen LogP contribution in [-0.2, 0) is 0 Å². The van der Waals surface area contributed by atoms with Crippen LogP contribution in [0.3, 0.4) is 0 Å². The Hall–Kier alpha value is -0.210. The second-order valence-corrected chi connectivity index (χ2v) is 9.02. The van der Waals surface area contributed by atoms with Crippen molar-refractivity contribution in [1.82, 2.24) is 0 Å². The Kier molecular flexibility index (Phi) is 6.86. The topological polar surface area (TPSA) is 0 Å². The number of alkyl halides is 3.